The fourth-order valence-corrected chi connectivity index (χ4v) is 3.23. The van der Waals surface area contributed by atoms with Gasteiger partial charge in [0, 0.05) is 18.5 Å². The van der Waals surface area contributed by atoms with Crippen molar-refractivity contribution in [1.82, 2.24) is 19.9 Å². The normalized spacial score (nSPS) is 15.7. The van der Waals surface area contributed by atoms with Gasteiger partial charge in [-0.15, -0.1) is 0 Å². The van der Waals surface area contributed by atoms with Gasteiger partial charge in [0.25, 0.3) is 0 Å². The molecule has 0 aliphatic carbocycles. The summed E-state index contributed by atoms with van der Waals surface area (Å²) in [4.78, 5) is 25.1. The third-order valence-corrected chi connectivity index (χ3v) is 4.65. The Balaban J connectivity index is 0.000000170. The minimum atomic E-state index is -0.592. The lowest BCUT2D eigenvalue weighted by molar-refractivity contribution is 0.0216. The second-order valence-electron chi connectivity index (χ2n) is 8.36. The van der Waals surface area contributed by atoms with Gasteiger partial charge >= 0.3 is 6.09 Å². The molecule has 2 N–H and O–H groups in total. The summed E-state index contributed by atoms with van der Waals surface area (Å²) in [7, 11) is 0. The summed E-state index contributed by atoms with van der Waals surface area (Å²) in [5.41, 5.74) is 2.27. The summed E-state index contributed by atoms with van der Waals surface area (Å²) in [5.74, 6) is 0.577. The first-order valence-electron chi connectivity index (χ1n) is 10.1. The lowest BCUT2D eigenvalue weighted by Gasteiger charge is -2.29. The third kappa shape index (κ3) is 5.44. The molecule has 0 spiro atoms. The summed E-state index contributed by atoms with van der Waals surface area (Å²) in [5, 5.41) is 10.5. The molecule has 156 valence electrons. The van der Waals surface area contributed by atoms with Gasteiger partial charge in [-0.1, -0.05) is 18.2 Å². The second kappa shape index (κ2) is 8.78. The molecule has 1 aromatic carbocycles. The van der Waals surface area contributed by atoms with Crippen LogP contribution in [0.1, 0.15) is 58.9 Å². The van der Waals surface area contributed by atoms with Crippen LogP contribution in [0.4, 0.5) is 4.79 Å². The van der Waals surface area contributed by atoms with E-state index in [4.69, 9.17) is 4.74 Å². The zero-order valence-corrected chi connectivity index (χ0v) is 17.6. The van der Waals surface area contributed by atoms with E-state index in [0.717, 1.165) is 47.9 Å². The van der Waals surface area contributed by atoms with E-state index >= 15 is 0 Å². The molecule has 0 bridgehead atoms. The number of hydrogen-bond acceptors (Lipinski definition) is 5. The van der Waals surface area contributed by atoms with Crippen molar-refractivity contribution >= 4 is 28.0 Å². The van der Waals surface area contributed by atoms with Crippen molar-refractivity contribution in [2.45, 2.75) is 58.7 Å². The maximum Gasteiger partial charge on any atom is 0.410 e. The van der Waals surface area contributed by atoms with Gasteiger partial charge in [0.1, 0.15) is 17.5 Å². The van der Waals surface area contributed by atoms with Crippen LogP contribution in [0.25, 0.3) is 21.9 Å². The number of pyridine rings is 1. The van der Waals surface area contributed by atoms with Crippen molar-refractivity contribution < 1.29 is 14.6 Å². The van der Waals surface area contributed by atoms with Crippen LogP contribution < -0.4 is 0 Å². The number of fused-ring (bicyclic) bond motifs is 3. The topological polar surface area (TPSA) is 91.3 Å². The average Bonchev–Trinajstić information content (AvgIpc) is 3.13. The van der Waals surface area contributed by atoms with Crippen molar-refractivity contribution in [3.8, 4) is 0 Å². The Kier molecular flexibility index (Phi) is 6.37. The highest BCUT2D eigenvalue weighted by atomic mass is 16.6. The molecule has 2 aromatic heterocycles. The zero-order valence-electron chi connectivity index (χ0n) is 17.6. The van der Waals surface area contributed by atoms with Gasteiger partial charge in [0.15, 0.2) is 0 Å². The lowest BCUT2D eigenvalue weighted by Crippen LogP contribution is -2.39. The van der Waals surface area contributed by atoms with Crippen LogP contribution in [0, 0.1) is 0 Å². The van der Waals surface area contributed by atoms with Crippen molar-refractivity contribution in [3.05, 3.63) is 36.3 Å². The smallest absolute Gasteiger partial charge is 0.410 e. The zero-order chi connectivity index (χ0) is 21.0. The number of aliphatic hydroxyl groups excluding tert-OH is 1. The molecule has 1 fully saturated rings. The summed E-state index contributed by atoms with van der Waals surface area (Å²) in [6.07, 6.45) is 4.45. The molecule has 1 aliphatic heterocycles. The quantitative estimate of drug-likeness (QED) is 0.626. The molecule has 1 atom stereocenters. The summed E-state index contributed by atoms with van der Waals surface area (Å²) < 4.78 is 5.26. The minimum absolute atomic E-state index is 0.160. The Morgan fingerprint density at radius 1 is 1.21 bits per heavy atom. The van der Waals surface area contributed by atoms with Gasteiger partial charge < -0.3 is 19.7 Å². The third-order valence-electron chi connectivity index (χ3n) is 4.65. The molecule has 1 aliphatic rings. The van der Waals surface area contributed by atoms with Crippen LogP contribution in [0.15, 0.2) is 30.5 Å². The Morgan fingerprint density at radius 3 is 2.55 bits per heavy atom. The number of aromatic amines is 1. The number of likely N-dealkylation sites (tertiary alicyclic amines) is 1. The molecule has 0 saturated carbocycles. The first kappa shape index (κ1) is 21.0. The van der Waals surface area contributed by atoms with E-state index in [-0.39, 0.29) is 11.7 Å². The number of amides is 1. The van der Waals surface area contributed by atoms with Gasteiger partial charge in [-0.2, -0.15) is 0 Å². The highest BCUT2D eigenvalue weighted by Gasteiger charge is 2.22. The molecule has 1 amide bonds. The largest absolute Gasteiger partial charge is 0.444 e. The van der Waals surface area contributed by atoms with Crippen LogP contribution in [0.3, 0.4) is 0 Å². The number of rotatable bonds is 1. The van der Waals surface area contributed by atoms with Gasteiger partial charge in [-0.25, -0.2) is 9.78 Å². The molecular weight excluding hydrogens is 368 g/mol. The molecule has 3 heterocycles. The van der Waals surface area contributed by atoms with E-state index in [9.17, 15) is 9.90 Å². The van der Waals surface area contributed by atoms with E-state index < -0.39 is 6.10 Å². The number of imidazole rings is 1. The Morgan fingerprint density at radius 2 is 1.90 bits per heavy atom. The number of piperidine rings is 1. The molecule has 4 rings (SSSR count). The monoisotopic (exact) mass is 398 g/mol. The lowest BCUT2D eigenvalue weighted by atomic mass is 10.1. The summed E-state index contributed by atoms with van der Waals surface area (Å²) >= 11 is 0. The number of H-pyrrole nitrogens is 1. The number of aromatic nitrogens is 3. The van der Waals surface area contributed by atoms with Gasteiger partial charge in [0.05, 0.1) is 22.7 Å². The van der Waals surface area contributed by atoms with E-state index in [1.807, 2.05) is 45.0 Å². The van der Waals surface area contributed by atoms with Crippen LogP contribution in [0.5, 0.6) is 0 Å². The molecular formula is C22H30N4O3. The Labute approximate surface area is 171 Å². The Bertz CT molecular complexity index is 969. The molecule has 3 aromatic rings. The number of carbonyl (C=O) groups excluding carboxylic acids is 1. The highest BCUT2D eigenvalue weighted by Crippen LogP contribution is 2.23. The highest BCUT2D eigenvalue weighted by molar-refractivity contribution is 6.01. The number of para-hydroxylation sites is 1. The minimum Gasteiger partial charge on any atom is -0.444 e. The van der Waals surface area contributed by atoms with E-state index in [1.54, 1.807) is 18.0 Å². The van der Waals surface area contributed by atoms with Gasteiger partial charge in [-0.3, -0.25) is 4.98 Å². The fourth-order valence-electron chi connectivity index (χ4n) is 3.23. The molecule has 0 radical (unpaired) electrons. The first-order valence-corrected chi connectivity index (χ1v) is 10.1. The van der Waals surface area contributed by atoms with Crippen LogP contribution in [-0.2, 0) is 4.74 Å². The average molecular weight is 399 g/mol. The van der Waals surface area contributed by atoms with Crippen molar-refractivity contribution in [2.24, 2.45) is 0 Å². The number of nitrogens with zero attached hydrogens (tertiary/aromatic N) is 3. The second-order valence-corrected chi connectivity index (χ2v) is 8.36. The first-order chi connectivity index (χ1) is 13.7. The van der Waals surface area contributed by atoms with E-state index in [2.05, 4.69) is 15.0 Å². The number of hydrogen-bond donors (Lipinski definition) is 2. The number of aliphatic hydroxyl groups is 1. The number of ether oxygens (including phenoxy) is 1. The van der Waals surface area contributed by atoms with E-state index in [1.165, 1.54) is 6.42 Å². The molecule has 7 nitrogen and oxygen atoms in total. The number of nitrogens with one attached hydrogen (secondary N) is 1. The number of carbonyl (C=O) groups is 1. The SMILES string of the molecule is CC(C)(C)OC(=O)N1CCCCC1.C[C@@H](O)c1nc2c(cnc3ccccc32)[nH]1. The van der Waals surface area contributed by atoms with Crippen molar-refractivity contribution in [1.29, 1.82) is 0 Å². The summed E-state index contributed by atoms with van der Waals surface area (Å²) in [6, 6.07) is 7.84. The van der Waals surface area contributed by atoms with E-state index in [0.29, 0.717) is 5.82 Å². The van der Waals surface area contributed by atoms with Crippen molar-refractivity contribution in [2.75, 3.05) is 13.1 Å². The fraction of sp³-hybridized carbons (Fsp3) is 0.500. The Hall–Kier alpha value is -2.67. The summed E-state index contributed by atoms with van der Waals surface area (Å²) in [6.45, 7) is 9.09. The van der Waals surface area contributed by atoms with Crippen LogP contribution in [0.2, 0.25) is 0 Å². The van der Waals surface area contributed by atoms with Crippen molar-refractivity contribution in [3.63, 3.8) is 0 Å². The standard InChI is InChI=1S/C12H11N3O.C10H19NO2/c1-7(16)12-14-10-6-13-9-5-3-2-4-8(9)11(10)15-12;1-10(2,3)13-9(12)11-7-5-4-6-8-11/h2-7,16H,1H3,(H,14,15);4-8H2,1-3H3/t7-;/m1./s1. The number of benzene rings is 1. The van der Waals surface area contributed by atoms with Gasteiger partial charge in [0.2, 0.25) is 0 Å². The molecule has 0 unspecified atom stereocenters. The van der Waals surface area contributed by atoms with Crippen LogP contribution in [-0.4, -0.2) is 49.7 Å². The molecule has 1 saturated heterocycles. The predicted octanol–water partition coefficient (Wildman–Crippen LogP) is 4.57. The predicted molar refractivity (Wildman–Crippen MR) is 114 cm³/mol. The molecule has 29 heavy (non-hydrogen) atoms. The van der Waals surface area contributed by atoms with Gasteiger partial charge in [-0.05, 0) is 53.0 Å². The van der Waals surface area contributed by atoms with Crippen LogP contribution >= 0.6 is 0 Å². The molecule has 7 heteroatoms. The maximum absolute atomic E-state index is 11.5. The maximum atomic E-state index is 11.5.